The Kier molecular flexibility index (Phi) is 3.05. The summed E-state index contributed by atoms with van der Waals surface area (Å²) in [6.07, 6.45) is 0. The van der Waals surface area contributed by atoms with Crippen molar-refractivity contribution in [1.82, 2.24) is 0 Å². The molecule has 3 aromatic rings. The molecule has 0 bridgehead atoms. The van der Waals surface area contributed by atoms with Gasteiger partial charge in [-0.1, -0.05) is 23.2 Å². The van der Waals surface area contributed by atoms with Gasteiger partial charge in [0.1, 0.15) is 23.3 Å². The summed E-state index contributed by atoms with van der Waals surface area (Å²) in [5, 5.41) is 1.86. The van der Waals surface area contributed by atoms with Crippen LogP contribution in [0.15, 0.2) is 39.2 Å². The van der Waals surface area contributed by atoms with Crippen molar-refractivity contribution in [3.63, 3.8) is 0 Å². The van der Waals surface area contributed by atoms with Gasteiger partial charge in [-0.3, -0.25) is 0 Å². The van der Waals surface area contributed by atoms with Gasteiger partial charge in [-0.05, 0) is 37.3 Å². The van der Waals surface area contributed by atoms with Crippen molar-refractivity contribution in [3.05, 3.63) is 57.7 Å². The van der Waals surface area contributed by atoms with E-state index in [1.807, 2.05) is 25.1 Å². The molecule has 0 aliphatic carbocycles. The first kappa shape index (κ1) is 12.6. The third-order valence-corrected chi connectivity index (χ3v) is 3.43. The van der Waals surface area contributed by atoms with Crippen LogP contribution in [-0.2, 0) is 0 Å². The second-order valence-corrected chi connectivity index (χ2v) is 5.22. The summed E-state index contributed by atoms with van der Waals surface area (Å²) in [6.45, 7) is 1.87. The number of hydrogen-bond donors (Lipinski definition) is 1. The number of benzene rings is 1. The van der Waals surface area contributed by atoms with Crippen molar-refractivity contribution in [3.8, 4) is 0 Å². The SMILES string of the molecule is Cc1ccc(C(N)c2cc3cc(Cl)cc(Cl)c3o2)o1. The molecule has 3 rings (SSSR count). The predicted molar refractivity (Wildman–Crippen MR) is 75.7 cm³/mol. The van der Waals surface area contributed by atoms with Gasteiger partial charge in [0.25, 0.3) is 0 Å². The molecule has 0 spiro atoms. The zero-order valence-corrected chi connectivity index (χ0v) is 11.6. The van der Waals surface area contributed by atoms with Crippen molar-refractivity contribution in [2.24, 2.45) is 5.73 Å². The zero-order valence-electron chi connectivity index (χ0n) is 10.1. The monoisotopic (exact) mass is 295 g/mol. The first-order chi connectivity index (χ1) is 9.04. The van der Waals surface area contributed by atoms with Gasteiger partial charge in [-0.25, -0.2) is 0 Å². The maximum Gasteiger partial charge on any atom is 0.153 e. The minimum absolute atomic E-state index is 0.462. The van der Waals surface area contributed by atoms with E-state index in [4.69, 9.17) is 37.8 Å². The summed E-state index contributed by atoms with van der Waals surface area (Å²) in [6, 6.07) is 8.49. The van der Waals surface area contributed by atoms with Crippen LogP contribution in [0.25, 0.3) is 11.0 Å². The minimum atomic E-state index is -0.462. The van der Waals surface area contributed by atoms with Crippen molar-refractivity contribution in [2.45, 2.75) is 13.0 Å². The van der Waals surface area contributed by atoms with Crippen LogP contribution in [0.2, 0.25) is 10.0 Å². The van der Waals surface area contributed by atoms with Gasteiger partial charge in [0.05, 0.1) is 5.02 Å². The highest BCUT2D eigenvalue weighted by Gasteiger charge is 2.18. The molecule has 1 atom stereocenters. The first-order valence-electron chi connectivity index (χ1n) is 5.75. The molecule has 0 saturated carbocycles. The largest absolute Gasteiger partial charge is 0.464 e. The minimum Gasteiger partial charge on any atom is -0.464 e. The third-order valence-electron chi connectivity index (χ3n) is 2.93. The molecule has 3 nitrogen and oxygen atoms in total. The van der Waals surface area contributed by atoms with E-state index in [0.29, 0.717) is 27.1 Å². The molecule has 19 heavy (non-hydrogen) atoms. The zero-order chi connectivity index (χ0) is 13.6. The van der Waals surface area contributed by atoms with Crippen LogP contribution in [0.4, 0.5) is 0 Å². The molecular formula is C14H11Cl2NO2. The van der Waals surface area contributed by atoms with Crippen LogP contribution >= 0.6 is 23.2 Å². The molecule has 0 aliphatic heterocycles. The number of rotatable bonds is 2. The van der Waals surface area contributed by atoms with E-state index in [1.165, 1.54) is 0 Å². The fourth-order valence-electron chi connectivity index (χ4n) is 2.01. The van der Waals surface area contributed by atoms with Gasteiger partial charge in [-0.15, -0.1) is 0 Å². The number of halogens is 2. The van der Waals surface area contributed by atoms with Crippen LogP contribution < -0.4 is 5.73 Å². The van der Waals surface area contributed by atoms with Gasteiger partial charge >= 0.3 is 0 Å². The molecule has 0 fully saturated rings. The van der Waals surface area contributed by atoms with Gasteiger partial charge in [-0.2, -0.15) is 0 Å². The molecule has 5 heteroatoms. The van der Waals surface area contributed by atoms with Crippen LogP contribution in [0.3, 0.4) is 0 Å². The Labute approximate surface area is 119 Å². The smallest absolute Gasteiger partial charge is 0.153 e. The average molecular weight is 296 g/mol. The Morgan fingerprint density at radius 3 is 2.53 bits per heavy atom. The Morgan fingerprint density at radius 2 is 1.84 bits per heavy atom. The number of hydrogen-bond acceptors (Lipinski definition) is 3. The van der Waals surface area contributed by atoms with Gasteiger partial charge in [0.15, 0.2) is 5.58 Å². The summed E-state index contributed by atoms with van der Waals surface area (Å²) >= 11 is 12.0. The van der Waals surface area contributed by atoms with E-state index < -0.39 is 6.04 Å². The molecule has 2 N–H and O–H groups in total. The van der Waals surface area contributed by atoms with Gasteiger partial charge < -0.3 is 14.6 Å². The van der Waals surface area contributed by atoms with E-state index in [0.717, 1.165) is 11.1 Å². The quantitative estimate of drug-likeness (QED) is 0.746. The van der Waals surface area contributed by atoms with Crippen molar-refractivity contribution >= 4 is 34.2 Å². The number of aryl methyl sites for hydroxylation is 1. The Balaban J connectivity index is 2.08. The number of fused-ring (bicyclic) bond motifs is 1. The molecule has 2 heterocycles. The molecule has 0 amide bonds. The molecule has 1 unspecified atom stereocenters. The fourth-order valence-corrected chi connectivity index (χ4v) is 2.56. The van der Waals surface area contributed by atoms with E-state index >= 15 is 0 Å². The standard InChI is InChI=1S/C14H11Cl2NO2/c1-7-2-3-11(18-7)13(17)12-5-8-4-9(15)6-10(16)14(8)19-12/h2-6,13H,17H2,1H3. The van der Waals surface area contributed by atoms with E-state index in [-0.39, 0.29) is 0 Å². The predicted octanol–water partition coefficient (Wildman–Crippen LogP) is 4.69. The lowest BCUT2D eigenvalue weighted by atomic mass is 10.1. The van der Waals surface area contributed by atoms with Gasteiger partial charge in [0.2, 0.25) is 0 Å². The molecular weight excluding hydrogens is 285 g/mol. The fraction of sp³-hybridized carbons (Fsp3) is 0.143. The topological polar surface area (TPSA) is 52.3 Å². The molecule has 0 saturated heterocycles. The third kappa shape index (κ3) is 2.25. The normalized spacial score (nSPS) is 13.1. The maximum absolute atomic E-state index is 6.12. The Hall–Kier alpha value is -1.42. The number of furan rings is 2. The summed E-state index contributed by atoms with van der Waals surface area (Å²) in [4.78, 5) is 0. The van der Waals surface area contributed by atoms with Crippen molar-refractivity contribution < 1.29 is 8.83 Å². The molecule has 1 aromatic carbocycles. The molecule has 0 aliphatic rings. The lowest BCUT2D eigenvalue weighted by Gasteiger charge is -2.04. The maximum atomic E-state index is 6.12. The van der Waals surface area contributed by atoms with E-state index in [2.05, 4.69) is 0 Å². The van der Waals surface area contributed by atoms with Crippen molar-refractivity contribution in [2.75, 3.05) is 0 Å². The highest BCUT2D eigenvalue weighted by molar-refractivity contribution is 6.38. The van der Waals surface area contributed by atoms with Crippen LogP contribution in [0.1, 0.15) is 23.3 Å². The average Bonchev–Trinajstić information content (AvgIpc) is 2.94. The summed E-state index contributed by atoms with van der Waals surface area (Å²) in [5.74, 6) is 2.05. The Bertz CT molecular complexity index is 745. The first-order valence-corrected chi connectivity index (χ1v) is 6.50. The molecule has 98 valence electrons. The summed E-state index contributed by atoms with van der Waals surface area (Å²) in [7, 11) is 0. The molecule has 2 aromatic heterocycles. The lowest BCUT2D eigenvalue weighted by Crippen LogP contribution is -2.09. The van der Waals surface area contributed by atoms with Crippen LogP contribution in [0, 0.1) is 6.92 Å². The lowest BCUT2D eigenvalue weighted by molar-refractivity contribution is 0.431. The highest BCUT2D eigenvalue weighted by atomic mass is 35.5. The van der Waals surface area contributed by atoms with E-state index in [9.17, 15) is 0 Å². The Morgan fingerprint density at radius 1 is 1.05 bits per heavy atom. The second-order valence-electron chi connectivity index (χ2n) is 4.38. The highest BCUT2D eigenvalue weighted by Crippen LogP contribution is 2.33. The second kappa shape index (κ2) is 4.60. The molecule has 0 radical (unpaired) electrons. The van der Waals surface area contributed by atoms with Gasteiger partial charge in [0, 0.05) is 10.4 Å². The van der Waals surface area contributed by atoms with Crippen LogP contribution in [0.5, 0.6) is 0 Å². The number of nitrogens with two attached hydrogens (primary N) is 1. The van der Waals surface area contributed by atoms with Crippen LogP contribution in [-0.4, -0.2) is 0 Å². The summed E-state index contributed by atoms with van der Waals surface area (Å²) < 4.78 is 11.2. The van der Waals surface area contributed by atoms with E-state index in [1.54, 1.807) is 12.1 Å². The van der Waals surface area contributed by atoms with Crippen molar-refractivity contribution in [1.29, 1.82) is 0 Å². The summed E-state index contributed by atoms with van der Waals surface area (Å²) in [5.41, 5.74) is 6.70.